The van der Waals surface area contributed by atoms with E-state index in [4.69, 9.17) is 4.74 Å². The zero-order valence-electron chi connectivity index (χ0n) is 9.16. The molecular formula is C12H16N2O. The molecule has 0 aliphatic carbocycles. The lowest BCUT2D eigenvalue weighted by atomic mass is 10.2. The number of amidine groups is 1. The summed E-state index contributed by atoms with van der Waals surface area (Å²) in [6.07, 6.45) is 0.207. The molecule has 0 aromatic heterocycles. The van der Waals surface area contributed by atoms with Gasteiger partial charge in [0.15, 0.2) is 0 Å². The Morgan fingerprint density at radius 3 is 2.93 bits per heavy atom. The van der Waals surface area contributed by atoms with E-state index < -0.39 is 0 Å². The van der Waals surface area contributed by atoms with E-state index in [1.807, 2.05) is 38.1 Å². The molecule has 0 saturated carbocycles. The maximum atomic E-state index is 5.63. The zero-order valence-corrected chi connectivity index (χ0v) is 9.16. The molecule has 1 heterocycles. The maximum Gasteiger partial charge on any atom is 0.128 e. The molecule has 1 aromatic carbocycles. The van der Waals surface area contributed by atoms with Gasteiger partial charge in [-0.15, -0.1) is 0 Å². The van der Waals surface area contributed by atoms with Gasteiger partial charge < -0.3 is 10.1 Å². The Morgan fingerprint density at radius 2 is 2.27 bits per heavy atom. The van der Waals surface area contributed by atoms with Crippen molar-refractivity contribution in [3.63, 3.8) is 0 Å². The molecule has 1 aromatic rings. The Labute approximate surface area is 90.2 Å². The molecule has 15 heavy (non-hydrogen) atoms. The van der Waals surface area contributed by atoms with Crippen LogP contribution in [0.5, 0.6) is 5.75 Å². The van der Waals surface area contributed by atoms with Gasteiger partial charge >= 0.3 is 0 Å². The molecule has 1 N–H and O–H groups in total. The highest BCUT2D eigenvalue weighted by molar-refractivity contribution is 6.00. The number of hydrogen-bond donors (Lipinski definition) is 1. The van der Waals surface area contributed by atoms with Crippen LogP contribution in [0.4, 0.5) is 0 Å². The summed E-state index contributed by atoms with van der Waals surface area (Å²) in [4.78, 5) is 4.38. The third kappa shape index (κ3) is 2.49. The largest absolute Gasteiger partial charge is 0.491 e. The van der Waals surface area contributed by atoms with Crippen LogP contribution in [0.1, 0.15) is 19.4 Å². The minimum absolute atomic E-state index is 0.207. The summed E-state index contributed by atoms with van der Waals surface area (Å²) in [6, 6.07) is 8.04. The normalized spacial score (nSPS) is 15.0. The molecule has 0 atom stereocenters. The van der Waals surface area contributed by atoms with Gasteiger partial charge in [-0.1, -0.05) is 12.1 Å². The average molecular weight is 204 g/mol. The van der Waals surface area contributed by atoms with E-state index in [1.165, 1.54) is 0 Å². The van der Waals surface area contributed by atoms with Gasteiger partial charge in [0.1, 0.15) is 11.6 Å². The number of aliphatic imine (C=N–C) groups is 1. The molecule has 0 saturated heterocycles. The van der Waals surface area contributed by atoms with Gasteiger partial charge in [0.2, 0.25) is 0 Å². The number of nitrogens with zero attached hydrogens (tertiary/aromatic N) is 1. The molecular weight excluding hydrogens is 188 g/mol. The monoisotopic (exact) mass is 204 g/mol. The predicted molar refractivity (Wildman–Crippen MR) is 61.6 cm³/mol. The molecule has 0 amide bonds. The topological polar surface area (TPSA) is 33.6 Å². The van der Waals surface area contributed by atoms with E-state index in [9.17, 15) is 0 Å². The number of nitrogens with one attached hydrogen (secondary N) is 1. The van der Waals surface area contributed by atoms with Gasteiger partial charge in [-0.3, -0.25) is 4.99 Å². The fourth-order valence-electron chi connectivity index (χ4n) is 1.58. The Morgan fingerprint density at radius 1 is 1.40 bits per heavy atom. The number of hydrogen-bond acceptors (Lipinski definition) is 3. The molecule has 1 aliphatic heterocycles. The van der Waals surface area contributed by atoms with Crippen molar-refractivity contribution in [3.8, 4) is 5.75 Å². The number of ether oxygens (including phenoxy) is 1. The van der Waals surface area contributed by atoms with E-state index in [2.05, 4.69) is 10.3 Å². The van der Waals surface area contributed by atoms with Crippen molar-refractivity contribution in [1.29, 1.82) is 0 Å². The molecule has 2 rings (SSSR count). The minimum Gasteiger partial charge on any atom is -0.491 e. The highest BCUT2D eigenvalue weighted by Gasteiger charge is 2.08. The first-order valence-corrected chi connectivity index (χ1v) is 5.31. The molecule has 0 fully saturated rings. The summed E-state index contributed by atoms with van der Waals surface area (Å²) in [5.74, 6) is 1.88. The van der Waals surface area contributed by atoms with Crippen molar-refractivity contribution < 1.29 is 4.74 Å². The summed E-state index contributed by atoms with van der Waals surface area (Å²) in [7, 11) is 0. The van der Waals surface area contributed by atoms with Crippen molar-refractivity contribution in [2.24, 2.45) is 4.99 Å². The molecule has 3 heteroatoms. The molecule has 0 spiro atoms. The van der Waals surface area contributed by atoms with Gasteiger partial charge in [-0.05, 0) is 26.0 Å². The molecule has 1 aliphatic rings. The SMILES string of the molecule is CC(C)Oc1cccc(C2=NCCN2)c1. The van der Waals surface area contributed by atoms with Crippen LogP contribution >= 0.6 is 0 Å². The summed E-state index contributed by atoms with van der Waals surface area (Å²) >= 11 is 0. The second-order valence-electron chi connectivity index (χ2n) is 3.85. The van der Waals surface area contributed by atoms with Crippen LogP contribution in [0, 0.1) is 0 Å². The number of benzene rings is 1. The lowest BCUT2D eigenvalue weighted by Crippen LogP contribution is -2.19. The summed E-state index contributed by atoms with van der Waals surface area (Å²) < 4.78 is 5.63. The van der Waals surface area contributed by atoms with Crippen molar-refractivity contribution in [3.05, 3.63) is 29.8 Å². The van der Waals surface area contributed by atoms with Gasteiger partial charge in [0.05, 0.1) is 12.6 Å². The van der Waals surface area contributed by atoms with Crippen molar-refractivity contribution in [2.45, 2.75) is 20.0 Å². The second-order valence-corrected chi connectivity index (χ2v) is 3.85. The Balaban J connectivity index is 2.18. The van der Waals surface area contributed by atoms with Gasteiger partial charge in [-0.25, -0.2) is 0 Å². The Hall–Kier alpha value is -1.51. The van der Waals surface area contributed by atoms with Crippen LogP contribution in [-0.4, -0.2) is 25.0 Å². The zero-order chi connectivity index (χ0) is 10.7. The Bertz CT molecular complexity index is 372. The lowest BCUT2D eigenvalue weighted by Gasteiger charge is -2.10. The first-order valence-electron chi connectivity index (χ1n) is 5.31. The Kier molecular flexibility index (Phi) is 2.90. The highest BCUT2D eigenvalue weighted by Crippen LogP contribution is 2.15. The third-order valence-corrected chi connectivity index (χ3v) is 2.15. The van der Waals surface area contributed by atoms with Gasteiger partial charge in [0, 0.05) is 12.1 Å². The smallest absolute Gasteiger partial charge is 0.128 e. The summed E-state index contributed by atoms with van der Waals surface area (Å²) in [6.45, 7) is 5.85. The lowest BCUT2D eigenvalue weighted by molar-refractivity contribution is 0.242. The maximum absolute atomic E-state index is 5.63. The van der Waals surface area contributed by atoms with Gasteiger partial charge in [-0.2, -0.15) is 0 Å². The third-order valence-electron chi connectivity index (χ3n) is 2.15. The van der Waals surface area contributed by atoms with Crippen LogP contribution in [0.15, 0.2) is 29.3 Å². The molecule has 80 valence electrons. The van der Waals surface area contributed by atoms with E-state index in [1.54, 1.807) is 0 Å². The van der Waals surface area contributed by atoms with E-state index in [0.717, 1.165) is 30.2 Å². The summed E-state index contributed by atoms with van der Waals surface area (Å²) in [5, 5.41) is 3.25. The molecule has 0 unspecified atom stereocenters. The number of rotatable bonds is 3. The first-order chi connectivity index (χ1) is 7.25. The van der Waals surface area contributed by atoms with E-state index >= 15 is 0 Å². The van der Waals surface area contributed by atoms with Gasteiger partial charge in [0.25, 0.3) is 0 Å². The minimum atomic E-state index is 0.207. The molecule has 0 radical (unpaired) electrons. The van der Waals surface area contributed by atoms with Crippen LogP contribution in [-0.2, 0) is 0 Å². The molecule has 0 bridgehead atoms. The van der Waals surface area contributed by atoms with Crippen LogP contribution in [0.3, 0.4) is 0 Å². The predicted octanol–water partition coefficient (Wildman–Crippen LogP) is 1.82. The fraction of sp³-hybridized carbons (Fsp3) is 0.417. The first kappa shape index (κ1) is 10.0. The summed E-state index contributed by atoms with van der Waals surface area (Å²) in [5.41, 5.74) is 1.10. The fourth-order valence-corrected chi connectivity index (χ4v) is 1.58. The van der Waals surface area contributed by atoms with Crippen LogP contribution in [0.25, 0.3) is 0 Å². The van der Waals surface area contributed by atoms with Crippen molar-refractivity contribution in [2.75, 3.05) is 13.1 Å². The second kappa shape index (κ2) is 4.34. The van der Waals surface area contributed by atoms with Crippen LogP contribution < -0.4 is 10.1 Å². The van der Waals surface area contributed by atoms with Crippen molar-refractivity contribution >= 4 is 5.84 Å². The van der Waals surface area contributed by atoms with E-state index in [0.29, 0.717) is 0 Å². The van der Waals surface area contributed by atoms with Crippen molar-refractivity contribution in [1.82, 2.24) is 5.32 Å². The highest BCUT2D eigenvalue weighted by atomic mass is 16.5. The molecule has 3 nitrogen and oxygen atoms in total. The standard InChI is InChI=1S/C12H16N2O/c1-9(2)15-11-5-3-4-10(8-11)12-13-6-7-14-12/h3-5,8-9H,6-7H2,1-2H3,(H,13,14). The van der Waals surface area contributed by atoms with Crippen LogP contribution in [0.2, 0.25) is 0 Å². The average Bonchev–Trinajstić information content (AvgIpc) is 2.69. The quantitative estimate of drug-likeness (QED) is 0.814. The van der Waals surface area contributed by atoms with E-state index in [-0.39, 0.29) is 6.10 Å².